The normalized spacial score (nSPS) is 17.5. The van der Waals surface area contributed by atoms with E-state index in [2.05, 4.69) is 21.3 Å². The van der Waals surface area contributed by atoms with Crippen molar-refractivity contribution in [2.24, 2.45) is 5.92 Å². The van der Waals surface area contributed by atoms with Crippen molar-refractivity contribution in [3.05, 3.63) is 28.8 Å². The van der Waals surface area contributed by atoms with Gasteiger partial charge in [-0.1, -0.05) is 11.6 Å². The maximum absolute atomic E-state index is 12.4. The van der Waals surface area contributed by atoms with Gasteiger partial charge >= 0.3 is 6.03 Å². The van der Waals surface area contributed by atoms with Gasteiger partial charge in [0.15, 0.2) is 0 Å². The second kappa shape index (κ2) is 9.24. The molecular formula is C19H29ClN4O2. The number of halogens is 1. The summed E-state index contributed by atoms with van der Waals surface area (Å²) in [5.74, 6) is 0.382. The Hall–Kier alpha value is -1.79. The fourth-order valence-corrected chi connectivity index (χ4v) is 3.14. The van der Waals surface area contributed by atoms with Gasteiger partial charge in [-0.25, -0.2) is 4.79 Å². The predicted octanol–water partition coefficient (Wildman–Crippen LogP) is 3.38. The summed E-state index contributed by atoms with van der Waals surface area (Å²) in [7, 11) is 0. The van der Waals surface area contributed by atoms with Crippen LogP contribution < -0.4 is 21.3 Å². The highest BCUT2D eigenvalue weighted by atomic mass is 35.5. The Morgan fingerprint density at radius 3 is 2.73 bits per heavy atom. The zero-order valence-electron chi connectivity index (χ0n) is 15.7. The molecule has 144 valence electrons. The molecule has 0 saturated carbocycles. The number of anilines is 1. The predicted molar refractivity (Wildman–Crippen MR) is 106 cm³/mol. The van der Waals surface area contributed by atoms with Crippen LogP contribution in [-0.4, -0.2) is 37.1 Å². The highest BCUT2D eigenvalue weighted by Crippen LogP contribution is 2.21. The molecule has 1 saturated heterocycles. The summed E-state index contributed by atoms with van der Waals surface area (Å²) in [6, 6.07) is 4.57. The standard InChI is InChI=1S/C19H29ClN4O2/c1-19(2,3)24-18(26)23-14-6-7-16(20)15(11-14)17(25)22-10-8-13-5-4-9-21-12-13/h6-7,11,13,21H,4-5,8-10,12H2,1-3H3,(H,22,25)(H2,23,24,26). The highest BCUT2D eigenvalue weighted by Gasteiger charge is 2.17. The molecule has 0 bridgehead atoms. The maximum Gasteiger partial charge on any atom is 0.319 e. The van der Waals surface area contributed by atoms with Gasteiger partial charge in [0.1, 0.15) is 0 Å². The topological polar surface area (TPSA) is 82.3 Å². The van der Waals surface area contributed by atoms with Gasteiger partial charge in [0.2, 0.25) is 0 Å². The molecule has 1 aliphatic heterocycles. The van der Waals surface area contributed by atoms with E-state index in [4.69, 9.17) is 11.6 Å². The Labute approximate surface area is 160 Å². The summed E-state index contributed by atoms with van der Waals surface area (Å²) in [5.41, 5.74) is 0.546. The number of nitrogens with one attached hydrogen (secondary N) is 4. The van der Waals surface area contributed by atoms with Gasteiger partial charge in [0.05, 0.1) is 10.6 Å². The van der Waals surface area contributed by atoms with Gasteiger partial charge in [-0.2, -0.15) is 0 Å². The molecule has 6 nitrogen and oxygen atoms in total. The number of piperidine rings is 1. The number of carbonyl (C=O) groups excluding carboxylic acids is 2. The minimum atomic E-state index is -0.343. The maximum atomic E-state index is 12.4. The van der Waals surface area contributed by atoms with E-state index >= 15 is 0 Å². The van der Waals surface area contributed by atoms with Gasteiger partial charge < -0.3 is 21.3 Å². The summed E-state index contributed by atoms with van der Waals surface area (Å²) in [6.45, 7) is 8.41. The Morgan fingerprint density at radius 2 is 2.08 bits per heavy atom. The third-order valence-corrected chi connectivity index (χ3v) is 4.52. The zero-order valence-corrected chi connectivity index (χ0v) is 16.5. The van der Waals surface area contributed by atoms with Crippen LogP contribution in [0, 0.1) is 5.92 Å². The number of hydrogen-bond donors (Lipinski definition) is 4. The molecular weight excluding hydrogens is 352 g/mol. The number of rotatable bonds is 5. The van der Waals surface area contributed by atoms with Crippen LogP contribution in [0.1, 0.15) is 50.4 Å². The van der Waals surface area contributed by atoms with Crippen molar-refractivity contribution in [2.75, 3.05) is 25.0 Å². The number of hydrogen-bond acceptors (Lipinski definition) is 3. The van der Waals surface area contributed by atoms with Crippen LogP contribution in [0.15, 0.2) is 18.2 Å². The molecule has 1 atom stereocenters. The van der Waals surface area contributed by atoms with Gasteiger partial charge in [-0.15, -0.1) is 0 Å². The first kappa shape index (κ1) is 20.5. The Bertz CT molecular complexity index is 637. The van der Waals surface area contributed by atoms with E-state index in [9.17, 15) is 9.59 Å². The molecule has 1 unspecified atom stereocenters. The lowest BCUT2D eigenvalue weighted by molar-refractivity contribution is 0.0950. The Kier molecular flexibility index (Phi) is 7.29. The molecule has 4 N–H and O–H groups in total. The fraction of sp³-hybridized carbons (Fsp3) is 0.579. The molecule has 1 aromatic rings. The zero-order chi connectivity index (χ0) is 19.2. The second-order valence-electron chi connectivity index (χ2n) is 7.78. The van der Waals surface area contributed by atoms with E-state index in [1.54, 1.807) is 18.2 Å². The number of amides is 3. The summed E-state index contributed by atoms with van der Waals surface area (Å²) in [5, 5.41) is 12.2. The van der Waals surface area contributed by atoms with Gasteiger partial charge in [-0.05, 0) is 77.2 Å². The average Bonchev–Trinajstić information content (AvgIpc) is 2.55. The lowest BCUT2D eigenvalue weighted by Crippen LogP contribution is -2.43. The molecule has 1 aliphatic rings. The van der Waals surface area contributed by atoms with Crippen molar-refractivity contribution in [2.45, 2.75) is 45.6 Å². The van der Waals surface area contributed by atoms with E-state index < -0.39 is 0 Å². The fourth-order valence-electron chi connectivity index (χ4n) is 2.94. The minimum Gasteiger partial charge on any atom is -0.352 e. The van der Waals surface area contributed by atoms with Crippen LogP contribution in [0.3, 0.4) is 0 Å². The summed E-state index contributed by atoms with van der Waals surface area (Å²) >= 11 is 6.16. The molecule has 2 rings (SSSR count). The van der Waals surface area contributed by atoms with Crippen LogP contribution in [-0.2, 0) is 0 Å². The largest absolute Gasteiger partial charge is 0.352 e. The Balaban J connectivity index is 1.90. The van der Waals surface area contributed by atoms with Crippen molar-refractivity contribution in [1.82, 2.24) is 16.0 Å². The van der Waals surface area contributed by atoms with Crippen molar-refractivity contribution in [1.29, 1.82) is 0 Å². The lowest BCUT2D eigenvalue weighted by Gasteiger charge is -2.22. The highest BCUT2D eigenvalue weighted by molar-refractivity contribution is 6.34. The van der Waals surface area contributed by atoms with Gasteiger partial charge in [0.25, 0.3) is 5.91 Å². The lowest BCUT2D eigenvalue weighted by atomic mass is 9.96. The molecule has 1 heterocycles. The van der Waals surface area contributed by atoms with Gasteiger partial charge in [0, 0.05) is 17.8 Å². The third-order valence-electron chi connectivity index (χ3n) is 4.19. The van der Waals surface area contributed by atoms with Crippen LogP contribution >= 0.6 is 11.6 Å². The van der Waals surface area contributed by atoms with E-state index in [0.717, 1.165) is 19.5 Å². The SMILES string of the molecule is CC(C)(C)NC(=O)Nc1ccc(Cl)c(C(=O)NCCC2CCCNC2)c1. The molecule has 0 aliphatic carbocycles. The monoisotopic (exact) mass is 380 g/mol. The quantitative estimate of drug-likeness (QED) is 0.632. The first-order valence-electron chi connectivity index (χ1n) is 9.12. The van der Waals surface area contributed by atoms with Crippen LogP contribution in [0.25, 0.3) is 0 Å². The van der Waals surface area contributed by atoms with Crippen LogP contribution in [0.5, 0.6) is 0 Å². The van der Waals surface area contributed by atoms with E-state index in [0.29, 0.717) is 28.7 Å². The second-order valence-corrected chi connectivity index (χ2v) is 8.19. The molecule has 1 fully saturated rings. The number of urea groups is 1. The first-order valence-corrected chi connectivity index (χ1v) is 9.50. The average molecular weight is 381 g/mol. The molecule has 3 amide bonds. The van der Waals surface area contributed by atoms with Crippen LogP contribution in [0.4, 0.5) is 10.5 Å². The molecule has 7 heteroatoms. The van der Waals surface area contributed by atoms with Gasteiger partial charge in [-0.3, -0.25) is 4.79 Å². The minimum absolute atomic E-state index is 0.223. The summed E-state index contributed by atoms with van der Waals surface area (Å²) < 4.78 is 0. The van der Waals surface area contributed by atoms with Crippen molar-refractivity contribution < 1.29 is 9.59 Å². The smallest absolute Gasteiger partial charge is 0.319 e. The molecule has 26 heavy (non-hydrogen) atoms. The number of benzene rings is 1. The molecule has 0 spiro atoms. The molecule has 1 aromatic carbocycles. The van der Waals surface area contributed by atoms with E-state index in [-0.39, 0.29) is 17.5 Å². The molecule has 0 aromatic heterocycles. The first-order chi connectivity index (χ1) is 12.2. The number of carbonyl (C=O) groups is 2. The van der Waals surface area contributed by atoms with Crippen LogP contribution in [0.2, 0.25) is 5.02 Å². The van der Waals surface area contributed by atoms with E-state index in [1.165, 1.54) is 12.8 Å². The van der Waals surface area contributed by atoms with Crippen molar-refractivity contribution in [3.8, 4) is 0 Å². The molecule has 0 radical (unpaired) electrons. The Morgan fingerprint density at radius 1 is 1.31 bits per heavy atom. The third kappa shape index (κ3) is 6.84. The van der Waals surface area contributed by atoms with Crippen molar-refractivity contribution >= 4 is 29.2 Å². The summed E-state index contributed by atoms with van der Waals surface area (Å²) in [6.07, 6.45) is 3.34. The van der Waals surface area contributed by atoms with Crippen molar-refractivity contribution in [3.63, 3.8) is 0 Å². The van der Waals surface area contributed by atoms with E-state index in [1.807, 2.05) is 20.8 Å². The summed E-state index contributed by atoms with van der Waals surface area (Å²) in [4.78, 5) is 24.4.